The van der Waals surface area contributed by atoms with Crippen molar-refractivity contribution in [2.75, 3.05) is 0 Å². The molecule has 0 saturated heterocycles. The van der Waals surface area contributed by atoms with Gasteiger partial charge in [0.25, 0.3) is 0 Å². The Bertz CT molecular complexity index is 762. The van der Waals surface area contributed by atoms with Crippen LogP contribution in [0.3, 0.4) is 0 Å². The SMILES string of the molecule is OCc1nc(-c2ccc(Cl)cc2OCc2ccccc2)ns1. The Morgan fingerprint density at radius 3 is 2.68 bits per heavy atom. The van der Waals surface area contributed by atoms with Gasteiger partial charge < -0.3 is 9.84 Å². The molecule has 22 heavy (non-hydrogen) atoms. The van der Waals surface area contributed by atoms with Crippen molar-refractivity contribution >= 4 is 23.1 Å². The number of nitrogens with zero attached hydrogens (tertiary/aromatic N) is 2. The summed E-state index contributed by atoms with van der Waals surface area (Å²) in [5.41, 5.74) is 1.83. The van der Waals surface area contributed by atoms with Gasteiger partial charge in [-0.1, -0.05) is 41.9 Å². The van der Waals surface area contributed by atoms with Crippen molar-refractivity contribution in [2.24, 2.45) is 0 Å². The van der Waals surface area contributed by atoms with Crippen LogP contribution >= 0.6 is 23.1 Å². The van der Waals surface area contributed by atoms with Crippen molar-refractivity contribution < 1.29 is 9.84 Å². The molecule has 0 aliphatic carbocycles. The van der Waals surface area contributed by atoms with Crippen molar-refractivity contribution in [2.45, 2.75) is 13.2 Å². The fraction of sp³-hybridized carbons (Fsp3) is 0.125. The highest BCUT2D eigenvalue weighted by molar-refractivity contribution is 7.05. The first kappa shape index (κ1) is 15.0. The number of halogens is 1. The van der Waals surface area contributed by atoms with Crippen LogP contribution in [0.2, 0.25) is 5.02 Å². The molecule has 0 bridgehead atoms. The second-order valence-corrected chi connectivity index (χ2v) is 5.86. The predicted molar refractivity (Wildman–Crippen MR) is 87.1 cm³/mol. The summed E-state index contributed by atoms with van der Waals surface area (Å²) in [4.78, 5) is 4.28. The van der Waals surface area contributed by atoms with Gasteiger partial charge in [-0.2, -0.15) is 4.37 Å². The molecule has 1 N–H and O–H groups in total. The molecule has 3 aromatic rings. The smallest absolute Gasteiger partial charge is 0.176 e. The van der Waals surface area contributed by atoms with E-state index < -0.39 is 0 Å². The molecule has 112 valence electrons. The van der Waals surface area contributed by atoms with Crippen molar-refractivity contribution in [3.05, 3.63) is 64.1 Å². The number of aliphatic hydroxyl groups excluding tert-OH is 1. The first-order valence-electron chi connectivity index (χ1n) is 6.66. The molecule has 6 heteroatoms. The lowest BCUT2D eigenvalue weighted by molar-refractivity contribution is 0.281. The highest BCUT2D eigenvalue weighted by atomic mass is 35.5. The average Bonchev–Trinajstić information content (AvgIpc) is 3.03. The van der Waals surface area contributed by atoms with E-state index in [1.807, 2.05) is 36.4 Å². The number of rotatable bonds is 5. The van der Waals surface area contributed by atoms with Crippen LogP contribution in [0.5, 0.6) is 5.75 Å². The molecule has 1 heterocycles. The maximum Gasteiger partial charge on any atom is 0.176 e. The first-order valence-corrected chi connectivity index (χ1v) is 7.81. The topological polar surface area (TPSA) is 55.2 Å². The van der Waals surface area contributed by atoms with Crippen molar-refractivity contribution in [3.63, 3.8) is 0 Å². The number of hydrogen-bond donors (Lipinski definition) is 1. The molecule has 0 radical (unpaired) electrons. The summed E-state index contributed by atoms with van der Waals surface area (Å²) in [5.74, 6) is 1.16. The zero-order chi connectivity index (χ0) is 15.4. The molecule has 0 amide bonds. The van der Waals surface area contributed by atoms with Crippen LogP contribution in [-0.2, 0) is 13.2 Å². The molecule has 0 saturated carbocycles. The third-order valence-corrected chi connectivity index (χ3v) is 3.96. The third kappa shape index (κ3) is 3.44. The standard InChI is InChI=1S/C16H13ClN2O2S/c17-12-6-7-13(16-18-15(9-20)22-19-16)14(8-12)21-10-11-4-2-1-3-5-11/h1-8,20H,9-10H2. The first-order chi connectivity index (χ1) is 10.8. The molecule has 0 atom stereocenters. The second kappa shape index (κ2) is 6.87. The van der Waals surface area contributed by atoms with E-state index in [1.165, 1.54) is 11.5 Å². The molecular weight excluding hydrogens is 320 g/mol. The zero-order valence-corrected chi connectivity index (χ0v) is 13.1. The van der Waals surface area contributed by atoms with Crippen LogP contribution < -0.4 is 4.74 Å². The Hall–Kier alpha value is -1.95. The molecule has 0 unspecified atom stereocenters. The van der Waals surface area contributed by atoms with E-state index in [0.717, 1.165) is 11.1 Å². The molecule has 4 nitrogen and oxygen atoms in total. The second-order valence-electron chi connectivity index (χ2n) is 4.58. The van der Waals surface area contributed by atoms with Crippen LogP contribution in [0.4, 0.5) is 0 Å². The Kier molecular flexibility index (Phi) is 4.68. The number of benzene rings is 2. The largest absolute Gasteiger partial charge is 0.488 e. The van der Waals surface area contributed by atoms with Gasteiger partial charge in [0.15, 0.2) is 5.82 Å². The van der Waals surface area contributed by atoms with Gasteiger partial charge >= 0.3 is 0 Å². The van der Waals surface area contributed by atoms with E-state index in [4.69, 9.17) is 21.4 Å². The van der Waals surface area contributed by atoms with E-state index in [1.54, 1.807) is 12.1 Å². The van der Waals surface area contributed by atoms with Gasteiger partial charge in [0, 0.05) is 5.02 Å². The van der Waals surface area contributed by atoms with E-state index in [9.17, 15) is 0 Å². The van der Waals surface area contributed by atoms with Crippen LogP contribution in [0, 0.1) is 0 Å². The lowest BCUT2D eigenvalue weighted by Gasteiger charge is -2.10. The fourth-order valence-corrected chi connectivity index (χ4v) is 2.64. The maximum atomic E-state index is 9.12. The van der Waals surface area contributed by atoms with Crippen LogP contribution in [0.15, 0.2) is 48.5 Å². The summed E-state index contributed by atoms with van der Waals surface area (Å²) in [7, 11) is 0. The van der Waals surface area contributed by atoms with Crippen molar-refractivity contribution in [1.29, 1.82) is 0 Å². The predicted octanol–water partition coefficient (Wildman–Crippen LogP) is 3.93. The zero-order valence-electron chi connectivity index (χ0n) is 11.6. The highest BCUT2D eigenvalue weighted by Crippen LogP contribution is 2.32. The van der Waals surface area contributed by atoms with Gasteiger partial charge in [-0.25, -0.2) is 4.98 Å². The number of aromatic nitrogens is 2. The summed E-state index contributed by atoms with van der Waals surface area (Å²) in [6.45, 7) is 0.316. The van der Waals surface area contributed by atoms with E-state index >= 15 is 0 Å². The third-order valence-electron chi connectivity index (χ3n) is 3.03. The Labute approximate surface area is 137 Å². The molecule has 0 aliphatic rings. The van der Waals surface area contributed by atoms with E-state index in [0.29, 0.717) is 28.2 Å². The van der Waals surface area contributed by atoms with Crippen molar-refractivity contribution in [3.8, 4) is 17.1 Å². The number of aliphatic hydroxyl groups is 1. The Morgan fingerprint density at radius 1 is 1.14 bits per heavy atom. The lowest BCUT2D eigenvalue weighted by Crippen LogP contribution is -1.97. The van der Waals surface area contributed by atoms with Gasteiger partial charge in [0.2, 0.25) is 0 Å². The molecule has 3 rings (SSSR count). The quantitative estimate of drug-likeness (QED) is 0.769. The highest BCUT2D eigenvalue weighted by Gasteiger charge is 2.13. The van der Waals surface area contributed by atoms with Gasteiger partial charge in [-0.05, 0) is 35.3 Å². The molecule has 0 spiro atoms. The minimum Gasteiger partial charge on any atom is -0.488 e. The monoisotopic (exact) mass is 332 g/mol. The maximum absolute atomic E-state index is 9.12. The number of hydrogen-bond acceptors (Lipinski definition) is 5. The lowest BCUT2D eigenvalue weighted by atomic mass is 10.2. The van der Waals surface area contributed by atoms with Crippen LogP contribution in [-0.4, -0.2) is 14.5 Å². The molecular formula is C16H13ClN2O2S. The summed E-state index contributed by atoms with van der Waals surface area (Å²) in [6, 6.07) is 15.2. The normalized spacial score (nSPS) is 10.6. The summed E-state index contributed by atoms with van der Waals surface area (Å²) in [5, 5.41) is 10.3. The average molecular weight is 333 g/mol. The molecule has 0 aliphatic heterocycles. The minimum absolute atomic E-state index is 0.120. The fourth-order valence-electron chi connectivity index (χ4n) is 1.96. The minimum atomic E-state index is -0.120. The molecule has 2 aromatic carbocycles. The summed E-state index contributed by atoms with van der Waals surface area (Å²) < 4.78 is 10.1. The van der Waals surface area contributed by atoms with Gasteiger partial charge in [0.05, 0.1) is 12.2 Å². The van der Waals surface area contributed by atoms with Crippen molar-refractivity contribution in [1.82, 2.24) is 9.36 Å². The van der Waals surface area contributed by atoms with Crippen LogP contribution in [0.25, 0.3) is 11.4 Å². The van der Waals surface area contributed by atoms with Gasteiger partial charge in [0.1, 0.15) is 17.4 Å². The molecule has 0 fully saturated rings. The summed E-state index contributed by atoms with van der Waals surface area (Å²) >= 11 is 7.23. The van der Waals surface area contributed by atoms with Gasteiger partial charge in [-0.3, -0.25) is 0 Å². The summed E-state index contributed by atoms with van der Waals surface area (Å²) in [6.07, 6.45) is 0. The van der Waals surface area contributed by atoms with Crippen LogP contribution in [0.1, 0.15) is 10.6 Å². The number of ether oxygens (including phenoxy) is 1. The Balaban J connectivity index is 1.87. The van der Waals surface area contributed by atoms with E-state index in [2.05, 4.69) is 9.36 Å². The Morgan fingerprint density at radius 2 is 1.95 bits per heavy atom. The van der Waals surface area contributed by atoms with Gasteiger partial charge in [-0.15, -0.1) is 0 Å². The van der Waals surface area contributed by atoms with E-state index in [-0.39, 0.29) is 6.61 Å². The molecule has 1 aromatic heterocycles.